The van der Waals surface area contributed by atoms with Gasteiger partial charge >= 0.3 is 16.9 Å². The Bertz CT molecular complexity index is 1410. The van der Waals surface area contributed by atoms with Gasteiger partial charge in [0, 0.05) is 51.7 Å². The van der Waals surface area contributed by atoms with Gasteiger partial charge in [-0.15, -0.1) is 0 Å². The Kier molecular flexibility index (Phi) is 5.73. The lowest BCUT2D eigenvalue weighted by atomic mass is 10.2. The van der Waals surface area contributed by atoms with Crippen molar-refractivity contribution in [1.29, 1.82) is 0 Å². The maximum absolute atomic E-state index is 12.4. The van der Waals surface area contributed by atoms with Gasteiger partial charge in [-0.3, -0.25) is 24.0 Å². The minimum atomic E-state index is -0.944. The van der Waals surface area contributed by atoms with Crippen molar-refractivity contribution in [3.8, 4) is 11.5 Å². The average Bonchev–Trinajstić information content (AvgIpc) is 2.83. The number of rotatable bonds is 5. The zero-order valence-electron chi connectivity index (χ0n) is 19.1. The second-order valence-corrected chi connectivity index (χ2v) is 7.74. The fourth-order valence-corrected chi connectivity index (χ4v) is 4.06. The summed E-state index contributed by atoms with van der Waals surface area (Å²) in [7, 11) is 5.67. The smallest absolute Gasteiger partial charge is 0.374 e. The first kappa shape index (κ1) is 22.8. The number of hydrogen-bond donors (Lipinski definition) is 1. The fourth-order valence-electron chi connectivity index (χ4n) is 4.06. The second kappa shape index (κ2) is 8.53. The predicted octanol–water partition coefficient (Wildman–Crippen LogP) is -0.139. The molecule has 0 amide bonds. The number of hydrogen-bond acceptors (Lipinski definition) is 11. The lowest BCUT2D eigenvalue weighted by Gasteiger charge is -2.36. The molecule has 0 radical (unpaired) electrons. The number of anilines is 3. The molecule has 180 valence electrons. The number of nitrogens with zero attached hydrogens (tertiary/aromatic N) is 7. The molecule has 2 N–H and O–H groups in total. The molecule has 2 aromatic heterocycles. The Morgan fingerprint density at radius 3 is 2.15 bits per heavy atom. The molecule has 0 atom stereocenters. The summed E-state index contributed by atoms with van der Waals surface area (Å²) in [5.41, 5.74) is 4.55. The summed E-state index contributed by atoms with van der Waals surface area (Å²) in [6.07, 6.45) is 0. The number of fused-ring (bicyclic) bond motifs is 1. The van der Waals surface area contributed by atoms with Crippen LogP contribution in [0.2, 0.25) is 0 Å². The topological polar surface area (TPSA) is 164 Å². The van der Waals surface area contributed by atoms with Gasteiger partial charge in [0.25, 0.3) is 0 Å². The van der Waals surface area contributed by atoms with Crippen LogP contribution >= 0.6 is 0 Å². The van der Waals surface area contributed by atoms with Crippen molar-refractivity contribution in [3.63, 3.8) is 0 Å². The van der Waals surface area contributed by atoms with Gasteiger partial charge in [0.15, 0.2) is 17.3 Å². The van der Waals surface area contributed by atoms with E-state index in [1.54, 1.807) is 17.0 Å². The molecule has 1 saturated heterocycles. The number of ether oxygens (including phenoxy) is 2. The van der Waals surface area contributed by atoms with Crippen LogP contribution < -0.4 is 36.3 Å². The molecule has 34 heavy (non-hydrogen) atoms. The molecule has 0 bridgehead atoms. The first-order chi connectivity index (χ1) is 16.2. The summed E-state index contributed by atoms with van der Waals surface area (Å²) >= 11 is 0. The van der Waals surface area contributed by atoms with E-state index in [2.05, 4.69) is 9.97 Å². The molecule has 3 aromatic rings. The van der Waals surface area contributed by atoms with Crippen molar-refractivity contribution in [3.05, 3.63) is 43.1 Å². The SMILES string of the molecule is COc1cc2nc(N3CCN(c4c([N+](=O)[O-])c(=O)n(C)c(=O)n4C)CC3)nc(N)c2cc1OC. The average molecular weight is 472 g/mol. The highest BCUT2D eigenvalue weighted by atomic mass is 16.6. The highest BCUT2D eigenvalue weighted by Crippen LogP contribution is 2.34. The molecule has 4 rings (SSSR count). The molecule has 14 heteroatoms. The molecule has 3 heterocycles. The number of aromatic nitrogens is 4. The molecule has 0 saturated carbocycles. The van der Waals surface area contributed by atoms with Crippen LogP contribution in [0.25, 0.3) is 10.9 Å². The van der Waals surface area contributed by atoms with Crippen LogP contribution in [0, 0.1) is 10.1 Å². The van der Waals surface area contributed by atoms with Crippen molar-refractivity contribution >= 4 is 34.2 Å². The van der Waals surface area contributed by atoms with Gasteiger partial charge in [-0.05, 0) is 6.07 Å². The molecule has 1 fully saturated rings. The number of nitrogens with two attached hydrogens (primary N) is 1. The van der Waals surface area contributed by atoms with Crippen molar-refractivity contribution in [2.24, 2.45) is 14.1 Å². The molecular formula is C20H24N8O6. The van der Waals surface area contributed by atoms with Gasteiger partial charge < -0.3 is 25.0 Å². The van der Waals surface area contributed by atoms with Gasteiger partial charge in [0.1, 0.15) is 5.82 Å². The summed E-state index contributed by atoms with van der Waals surface area (Å²) in [6.45, 7) is 1.38. The number of piperazine rings is 1. The zero-order chi connectivity index (χ0) is 24.7. The Labute approximate surface area is 192 Å². The van der Waals surface area contributed by atoms with Crippen molar-refractivity contribution in [2.75, 3.05) is 55.9 Å². The summed E-state index contributed by atoms with van der Waals surface area (Å²) in [6, 6.07) is 3.42. The van der Waals surface area contributed by atoms with Crippen LogP contribution in [0.15, 0.2) is 21.7 Å². The molecular weight excluding hydrogens is 448 g/mol. The summed E-state index contributed by atoms with van der Waals surface area (Å²) in [5.74, 6) is 1.65. The Morgan fingerprint density at radius 2 is 1.56 bits per heavy atom. The van der Waals surface area contributed by atoms with Crippen molar-refractivity contribution in [2.45, 2.75) is 0 Å². The van der Waals surface area contributed by atoms with E-state index in [0.29, 0.717) is 54.5 Å². The largest absolute Gasteiger partial charge is 0.493 e. The number of nitrogen functional groups attached to an aromatic ring is 1. The lowest BCUT2D eigenvalue weighted by molar-refractivity contribution is -0.386. The second-order valence-electron chi connectivity index (χ2n) is 7.74. The third kappa shape index (κ3) is 3.62. The first-order valence-corrected chi connectivity index (χ1v) is 10.3. The van der Waals surface area contributed by atoms with Gasteiger partial charge in [0.05, 0.1) is 24.7 Å². The molecule has 0 unspecified atom stereocenters. The summed E-state index contributed by atoms with van der Waals surface area (Å²) in [4.78, 5) is 48.2. The monoisotopic (exact) mass is 472 g/mol. The zero-order valence-corrected chi connectivity index (χ0v) is 19.1. The van der Waals surface area contributed by atoms with E-state index in [4.69, 9.17) is 15.2 Å². The highest BCUT2D eigenvalue weighted by molar-refractivity contribution is 5.91. The number of nitro groups is 1. The Morgan fingerprint density at radius 1 is 0.971 bits per heavy atom. The predicted molar refractivity (Wildman–Crippen MR) is 125 cm³/mol. The molecule has 0 spiro atoms. The van der Waals surface area contributed by atoms with Crippen molar-refractivity contribution in [1.82, 2.24) is 19.1 Å². The normalized spacial score (nSPS) is 13.9. The standard InChI is InChI=1S/C20H24N8O6/c1-24-17(15(28(31)32)18(29)25(2)20(24)30)26-5-7-27(8-6-26)19-22-12-10-14(34-4)13(33-3)9-11(12)16(21)23-19/h9-10H,5-8H2,1-4H3,(H2,21,22,23). The maximum atomic E-state index is 12.4. The van der Waals surface area contributed by atoms with E-state index in [9.17, 15) is 19.7 Å². The Hall–Kier alpha value is -4.36. The van der Waals surface area contributed by atoms with Crippen molar-refractivity contribution < 1.29 is 14.4 Å². The fraction of sp³-hybridized carbons (Fsp3) is 0.400. The van der Waals surface area contributed by atoms with Crippen LogP contribution in [0.1, 0.15) is 0 Å². The minimum Gasteiger partial charge on any atom is -0.493 e. The van der Waals surface area contributed by atoms with Gasteiger partial charge in [-0.1, -0.05) is 0 Å². The maximum Gasteiger partial charge on any atom is 0.374 e. The number of methoxy groups -OCH3 is 2. The molecule has 1 aromatic carbocycles. The Balaban J connectivity index is 1.66. The molecule has 14 nitrogen and oxygen atoms in total. The van der Waals surface area contributed by atoms with Crippen LogP contribution in [-0.4, -0.2) is 64.4 Å². The van der Waals surface area contributed by atoms with Crippen LogP contribution in [0.4, 0.5) is 23.3 Å². The van der Waals surface area contributed by atoms with Crippen LogP contribution in [0.5, 0.6) is 11.5 Å². The van der Waals surface area contributed by atoms with Crippen LogP contribution in [-0.2, 0) is 14.1 Å². The third-order valence-corrected chi connectivity index (χ3v) is 5.87. The minimum absolute atomic E-state index is 0.0199. The summed E-state index contributed by atoms with van der Waals surface area (Å²) in [5, 5.41) is 12.2. The third-order valence-electron chi connectivity index (χ3n) is 5.87. The molecule has 0 aliphatic carbocycles. The van der Waals surface area contributed by atoms with E-state index < -0.39 is 21.9 Å². The van der Waals surface area contributed by atoms with Crippen LogP contribution in [0.3, 0.4) is 0 Å². The molecule has 1 aliphatic rings. The molecule has 1 aliphatic heterocycles. The van der Waals surface area contributed by atoms with E-state index in [-0.39, 0.29) is 11.6 Å². The van der Waals surface area contributed by atoms with E-state index in [1.807, 2.05) is 4.90 Å². The van der Waals surface area contributed by atoms with E-state index in [0.717, 1.165) is 9.13 Å². The first-order valence-electron chi connectivity index (χ1n) is 10.3. The van der Waals surface area contributed by atoms with Gasteiger partial charge in [0.2, 0.25) is 5.95 Å². The van der Waals surface area contributed by atoms with E-state index >= 15 is 0 Å². The van der Waals surface area contributed by atoms with Gasteiger partial charge in [-0.25, -0.2) is 9.78 Å². The van der Waals surface area contributed by atoms with Gasteiger partial charge in [-0.2, -0.15) is 4.98 Å². The summed E-state index contributed by atoms with van der Waals surface area (Å²) < 4.78 is 12.5. The lowest BCUT2D eigenvalue weighted by Crippen LogP contribution is -2.50. The van der Waals surface area contributed by atoms with E-state index in [1.165, 1.54) is 28.3 Å². The number of benzene rings is 1. The highest BCUT2D eigenvalue weighted by Gasteiger charge is 2.32. The quantitative estimate of drug-likeness (QED) is 0.388.